The SMILES string of the molecule is O=c1cnc2cc([N+](=O)[O-])ccc2o1. The minimum Gasteiger partial charge on any atom is -0.420 e. The molecule has 0 atom stereocenters. The highest BCUT2D eigenvalue weighted by atomic mass is 16.6. The first kappa shape index (κ1) is 8.36. The summed E-state index contributed by atoms with van der Waals surface area (Å²) in [5.41, 5.74) is -0.132. The van der Waals surface area contributed by atoms with Gasteiger partial charge in [0, 0.05) is 12.1 Å². The predicted molar refractivity (Wildman–Crippen MR) is 46.9 cm³/mol. The number of non-ortho nitro benzene ring substituents is 1. The van der Waals surface area contributed by atoms with Crippen molar-refractivity contribution in [1.29, 1.82) is 0 Å². The van der Waals surface area contributed by atoms with Gasteiger partial charge in [0.15, 0.2) is 5.58 Å². The van der Waals surface area contributed by atoms with Crippen LogP contribution in [0.2, 0.25) is 0 Å². The number of nitro groups is 1. The quantitative estimate of drug-likeness (QED) is 0.498. The summed E-state index contributed by atoms with van der Waals surface area (Å²) in [7, 11) is 0. The van der Waals surface area contributed by atoms with Gasteiger partial charge in [-0.2, -0.15) is 0 Å². The molecule has 0 N–H and O–H groups in total. The van der Waals surface area contributed by atoms with Gasteiger partial charge in [-0.1, -0.05) is 0 Å². The van der Waals surface area contributed by atoms with Gasteiger partial charge in [0.1, 0.15) is 11.7 Å². The Morgan fingerprint density at radius 2 is 2.21 bits per heavy atom. The van der Waals surface area contributed by atoms with Crippen LogP contribution in [0.25, 0.3) is 11.1 Å². The van der Waals surface area contributed by atoms with Crippen LogP contribution in [0.15, 0.2) is 33.6 Å². The summed E-state index contributed by atoms with van der Waals surface area (Å²) in [6.07, 6.45) is 0.978. The summed E-state index contributed by atoms with van der Waals surface area (Å²) < 4.78 is 4.76. The maximum absolute atomic E-state index is 10.7. The van der Waals surface area contributed by atoms with E-state index in [4.69, 9.17) is 4.42 Å². The normalized spacial score (nSPS) is 10.3. The lowest BCUT2D eigenvalue weighted by molar-refractivity contribution is -0.384. The molecule has 0 spiro atoms. The van der Waals surface area contributed by atoms with Crippen molar-refractivity contribution in [3.05, 3.63) is 44.9 Å². The van der Waals surface area contributed by atoms with Crippen LogP contribution in [-0.4, -0.2) is 9.91 Å². The molecule has 70 valence electrons. The van der Waals surface area contributed by atoms with Crippen molar-refractivity contribution in [3.8, 4) is 0 Å². The molecular weight excluding hydrogens is 188 g/mol. The molecule has 0 aliphatic rings. The fourth-order valence-corrected chi connectivity index (χ4v) is 1.06. The number of hydrogen-bond acceptors (Lipinski definition) is 5. The average Bonchev–Trinajstić information content (AvgIpc) is 2.16. The van der Waals surface area contributed by atoms with E-state index < -0.39 is 10.5 Å². The van der Waals surface area contributed by atoms with Crippen LogP contribution >= 0.6 is 0 Å². The van der Waals surface area contributed by atoms with Gasteiger partial charge in [-0.3, -0.25) is 10.1 Å². The summed E-state index contributed by atoms with van der Waals surface area (Å²) in [6.45, 7) is 0. The molecule has 0 bridgehead atoms. The number of nitro benzene ring substituents is 1. The highest BCUT2D eigenvalue weighted by Crippen LogP contribution is 2.17. The van der Waals surface area contributed by atoms with E-state index in [0.29, 0.717) is 5.52 Å². The van der Waals surface area contributed by atoms with E-state index >= 15 is 0 Å². The van der Waals surface area contributed by atoms with Crippen LogP contribution in [0, 0.1) is 10.1 Å². The Morgan fingerprint density at radius 1 is 1.43 bits per heavy atom. The zero-order valence-corrected chi connectivity index (χ0v) is 6.84. The summed E-state index contributed by atoms with van der Waals surface area (Å²) in [6, 6.07) is 3.85. The van der Waals surface area contributed by atoms with Crippen molar-refractivity contribution < 1.29 is 9.34 Å². The maximum Gasteiger partial charge on any atom is 0.354 e. The molecule has 1 heterocycles. The van der Waals surface area contributed by atoms with Crippen LogP contribution in [0.4, 0.5) is 5.69 Å². The van der Waals surface area contributed by atoms with Crippen molar-refractivity contribution >= 4 is 16.8 Å². The fraction of sp³-hybridized carbons (Fsp3) is 0. The highest BCUT2D eigenvalue weighted by Gasteiger charge is 2.07. The van der Waals surface area contributed by atoms with E-state index in [1.807, 2.05) is 0 Å². The Labute approximate surface area is 77.0 Å². The van der Waals surface area contributed by atoms with Gasteiger partial charge >= 0.3 is 5.63 Å². The Balaban J connectivity index is 2.73. The lowest BCUT2D eigenvalue weighted by Crippen LogP contribution is -1.98. The number of hydrogen-bond donors (Lipinski definition) is 0. The van der Waals surface area contributed by atoms with E-state index in [1.165, 1.54) is 18.2 Å². The number of benzene rings is 1. The van der Waals surface area contributed by atoms with Gasteiger partial charge in [0.25, 0.3) is 5.69 Å². The van der Waals surface area contributed by atoms with E-state index in [-0.39, 0.29) is 11.3 Å². The molecule has 0 saturated carbocycles. The summed E-state index contributed by atoms with van der Waals surface area (Å²) in [5, 5.41) is 10.4. The zero-order valence-electron chi connectivity index (χ0n) is 6.84. The van der Waals surface area contributed by atoms with Gasteiger partial charge in [-0.15, -0.1) is 0 Å². The number of nitrogens with zero attached hydrogens (tertiary/aromatic N) is 2. The second kappa shape index (κ2) is 2.91. The third kappa shape index (κ3) is 1.33. The van der Waals surface area contributed by atoms with Crippen LogP contribution < -0.4 is 5.63 Å². The van der Waals surface area contributed by atoms with E-state index in [2.05, 4.69) is 4.98 Å². The first-order valence-corrected chi connectivity index (χ1v) is 3.71. The molecule has 1 aromatic carbocycles. The summed E-state index contributed by atoms with van der Waals surface area (Å²) >= 11 is 0. The van der Waals surface area contributed by atoms with Crippen molar-refractivity contribution in [1.82, 2.24) is 4.98 Å². The molecular formula is C8H4N2O4. The molecule has 0 aliphatic heterocycles. The minimum absolute atomic E-state index is 0.0844. The van der Waals surface area contributed by atoms with Gasteiger partial charge in [0.2, 0.25) is 0 Å². The molecule has 0 unspecified atom stereocenters. The topological polar surface area (TPSA) is 86.2 Å². The third-order valence-corrected chi connectivity index (χ3v) is 1.67. The van der Waals surface area contributed by atoms with Gasteiger partial charge in [0.05, 0.1) is 4.92 Å². The minimum atomic E-state index is -0.577. The van der Waals surface area contributed by atoms with Gasteiger partial charge in [-0.25, -0.2) is 9.78 Å². The van der Waals surface area contributed by atoms with Crippen molar-refractivity contribution in [2.75, 3.05) is 0 Å². The first-order chi connectivity index (χ1) is 6.66. The van der Waals surface area contributed by atoms with E-state index in [0.717, 1.165) is 6.20 Å². The van der Waals surface area contributed by atoms with Crippen LogP contribution in [0.1, 0.15) is 0 Å². The Morgan fingerprint density at radius 3 is 2.93 bits per heavy atom. The molecule has 14 heavy (non-hydrogen) atoms. The standard InChI is InChI=1S/C8H4N2O4/c11-8-4-9-6-3-5(10(12)13)1-2-7(6)14-8/h1-4H. The summed E-state index contributed by atoms with van der Waals surface area (Å²) in [5.74, 6) is 0. The van der Waals surface area contributed by atoms with Crippen molar-refractivity contribution in [2.24, 2.45) is 0 Å². The molecule has 6 nitrogen and oxygen atoms in total. The van der Waals surface area contributed by atoms with Crippen molar-refractivity contribution in [3.63, 3.8) is 0 Å². The third-order valence-electron chi connectivity index (χ3n) is 1.67. The highest BCUT2D eigenvalue weighted by molar-refractivity contribution is 5.74. The predicted octanol–water partition coefficient (Wildman–Crippen LogP) is 1.10. The summed E-state index contributed by atoms with van der Waals surface area (Å²) in [4.78, 5) is 24.3. The number of rotatable bonds is 1. The monoisotopic (exact) mass is 192 g/mol. The lowest BCUT2D eigenvalue weighted by Gasteiger charge is -1.93. The molecule has 0 aliphatic carbocycles. The van der Waals surface area contributed by atoms with Crippen LogP contribution in [0.5, 0.6) is 0 Å². The Hall–Kier alpha value is -2.24. The molecule has 0 saturated heterocycles. The van der Waals surface area contributed by atoms with Crippen LogP contribution in [0.3, 0.4) is 0 Å². The largest absolute Gasteiger partial charge is 0.420 e. The van der Waals surface area contributed by atoms with Gasteiger partial charge < -0.3 is 4.42 Å². The Bertz CT molecular complexity index is 561. The molecule has 2 aromatic rings. The fourth-order valence-electron chi connectivity index (χ4n) is 1.06. The second-order valence-electron chi connectivity index (χ2n) is 2.59. The zero-order chi connectivity index (χ0) is 10.1. The van der Waals surface area contributed by atoms with E-state index in [9.17, 15) is 14.9 Å². The van der Waals surface area contributed by atoms with Gasteiger partial charge in [-0.05, 0) is 6.07 Å². The lowest BCUT2D eigenvalue weighted by atomic mass is 10.3. The number of fused-ring (bicyclic) bond motifs is 1. The smallest absolute Gasteiger partial charge is 0.354 e. The van der Waals surface area contributed by atoms with E-state index in [1.54, 1.807) is 0 Å². The average molecular weight is 192 g/mol. The second-order valence-corrected chi connectivity index (χ2v) is 2.59. The maximum atomic E-state index is 10.7. The Kier molecular flexibility index (Phi) is 1.74. The molecule has 6 heteroatoms. The molecule has 0 fully saturated rings. The molecule has 0 amide bonds. The van der Waals surface area contributed by atoms with Crippen LogP contribution in [-0.2, 0) is 0 Å². The molecule has 0 radical (unpaired) electrons. The number of aromatic nitrogens is 1. The molecule has 1 aromatic heterocycles. The molecule has 2 rings (SSSR count). The van der Waals surface area contributed by atoms with Crippen molar-refractivity contribution in [2.45, 2.75) is 0 Å². The first-order valence-electron chi connectivity index (χ1n) is 3.71.